The van der Waals surface area contributed by atoms with Gasteiger partial charge in [0.1, 0.15) is 11.9 Å². The van der Waals surface area contributed by atoms with Crippen LogP contribution >= 0.6 is 12.4 Å². The normalized spacial score (nSPS) is 12.0. The maximum Gasteiger partial charge on any atom is 0.325 e. The molecule has 0 spiro atoms. The van der Waals surface area contributed by atoms with Gasteiger partial charge >= 0.3 is 5.97 Å². The van der Waals surface area contributed by atoms with Crippen LogP contribution < -0.4 is 0 Å². The Morgan fingerprint density at radius 1 is 1.40 bits per heavy atom. The van der Waals surface area contributed by atoms with Crippen LogP contribution in [0.15, 0.2) is 24.3 Å². The van der Waals surface area contributed by atoms with Crippen LogP contribution in [0.2, 0.25) is 0 Å². The minimum Gasteiger partial charge on any atom is -0.480 e. The van der Waals surface area contributed by atoms with E-state index in [2.05, 4.69) is 0 Å². The van der Waals surface area contributed by atoms with Crippen molar-refractivity contribution in [2.24, 2.45) is 0 Å². The van der Waals surface area contributed by atoms with Crippen LogP contribution in [-0.2, 0) is 4.79 Å². The van der Waals surface area contributed by atoms with Crippen LogP contribution in [0.5, 0.6) is 0 Å². The van der Waals surface area contributed by atoms with Crippen LogP contribution in [0, 0.1) is 5.82 Å². The van der Waals surface area contributed by atoms with Crippen molar-refractivity contribution in [1.29, 1.82) is 0 Å². The fourth-order valence-electron chi connectivity index (χ4n) is 1.33. The fourth-order valence-corrected chi connectivity index (χ4v) is 1.33. The van der Waals surface area contributed by atoms with E-state index in [4.69, 9.17) is 5.11 Å². The quantitative estimate of drug-likeness (QED) is 0.868. The molecule has 0 bridgehead atoms. The first kappa shape index (κ1) is 13.9. The third-order valence-electron chi connectivity index (χ3n) is 1.95. The molecule has 1 atom stereocenters. The number of carboxylic acid groups (broad SMARTS) is 1. The SMILES string of the molecule is CN(C)C(C(=O)O)c1ccccc1F.Cl. The second-order valence-electron chi connectivity index (χ2n) is 3.23. The van der Waals surface area contributed by atoms with Crippen molar-refractivity contribution in [3.8, 4) is 0 Å². The smallest absolute Gasteiger partial charge is 0.325 e. The third kappa shape index (κ3) is 3.18. The monoisotopic (exact) mass is 233 g/mol. The first-order chi connectivity index (χ1) is 6.54. The first-order valence-electron chi connectivity index (χ1n) is 4.17. The van der Waals surface area contributed by atoms with E-state index in [9.17, 15) is 9.18 Å². The molecule has 0 radical (unpaired) electrons. The summed E-state index contributed by atoms with van der Waals surface area (Å²) in [5.41, 5.74) is 0.185. The van der Waals surface area contributed by atoms with Crippen LogP contribution in [0.4, 0.5) is 4.39 Å². The third-order valence-corrected chi connectivity index (χ3v) is 1.95. The molecule has 0 aromatic heterocycles. The van der Waals surface area contributed by atoms with Crippen LogP contribution in [0.1, 0.15) is 11.6 Å². The summed E-state index contributed by atoms with van der Waals surface area (Å²) in [6.45, 7) is 0. The van der Waals surface area contributed by atoms with Gasteiger partial charge in [-0.25, -0.2) is 4.39 Å². The summed E-state index contributed by atoms with van der Waals surface area (Å²) < 4.78 is 13.3. The second kappa shape index (κ2) is 5.68. The molecule has 0 aliphatic rings. The molecule has 1 rings (SSSR count). The van der Waals surface area contributed by atoms with Gasteiger partial charge < -0.3 is 5.11 Å². The lowest BCUT2D eigenvalue weighted by atomic mass is 10.1. The Morgan fingerprint density at radius 2 is 1.93 bits per heavy atom. The van der Waals surface area contributed by atoms with Crippen molar-refractivity contribution in [2.75, 3.05) is 14.1 Å². The number of rotatable bonds is 3. The highest BCUT2D eigenvalue weighted by Crippen LogP contribution is 2.20. The van der Waals surface area contributed by atoms with E-state index in [-0.39, 0.29) is 18.0 Å². The molecular formula is C10H13ClFNO2. The summed E-state index contributed by atoms with van der Waals surface area (Å²) >= 11 is 0. The molecule has 0 fully saturated rings. The molecule has 0 saturated carbocycles. The predicted octanol–water partition coefficient (Wildman–Crippen LogP) is 1.93. The molecule has 0 aliphatic heterocycles. The van der Waals surface area contributed by atoms with Crippen LogP contribution in [0.25, 0.3) is 0 Å². The van der Waals surface area contributed by atoms with Gasteiger partial charge in [-0.05, 0) is 20.2 Å². The molecular weight excluding hydrogens is 221 g/mol. The lowest BCUT2D eigenvalue weighted by Gasteiger charge is -2.20. The van der Waals surface area contributed by atoms with E-state index in [0.29, 0.717) is 0 Å². The van der Waals surface area contributed by atoms with E-state index in [1.807, 2.05) is 0 Å². The minimum absolute atomic E-state index is 0. The highest BCUT2D eigenvalue weighted by Gasteiger charge is 2.24. The van der Waals surface area contributed by atoms with E-state index in [0.717, 1.165) is 0 Å². The van der Waals surface area contributed by atoms with Crippen molar-refractivity contribution in [3.05, 3.63) is 35.6 Å². The largest absolute Gasteiger partial charge is 0.480 e. The molecule has 1 N–H and O–H groups in total. The van der Waals surface area contributed by atoms with Crippen LogP contribution in [-0.4, -0.2) is 30.1 Å². The number of halogens is 2. The second-order valence-corrected chi connectivity index (χ2v) is 3.23. The Balaban J connectivity index is 0.00000196. The molecule has 5 heteroatoms. The number of hydrogen-bond donors (Lipinski definition) is 1. The summed E-state index contributed by atoms with van der Waals surface area (Å²) in [7, 11) is 3.20. The van der Waals surface area contributed by atoms with Gasteiger partial charge in [0, 0.05) is 5.56 Å². The number of aliphatic carboxylic acids is 1. The summed E-state index contributed by atoms with van der Waals surface area (Å²) in [6, 6.07) is 4.96. The molecule has 15 heavy (non-hydrogen) atoms. The molecule has 1 aromatic rings. The Bertz CT molecular complexity index is 344. The minimum atomic E-state index is -1.06. The zero-order valence-corrected chi connectivity index (χ0v) is 9.29. The van der Waals surface area contributed by atoms with Gasteiger partial charge in [-0.15, -0.1) is 12.4 Å². The lowest BCUT2D eigenvalue weighted by molar-refractivity contribution is -0.142. The first-order valence-corrected chi connectivity index (χ1v) is 4.17. The Hall–Kier alpha value is -1.13. The van der Waals surface area contributed by atoms with Crippen molar-refractivity contribution in [2.45, 2.75) is 6.04 Å². The standard InChI is InChI=1S/C10H12FNO2.ClH/c1-12(2)9(10(13)14)7-5-3-4-6-8(7)11;/h3-6,9H,1-2H3,(H,13,14);1H. The molecule has 0 aliphatic carbocycles. The Labute approximate surface area is 93.9 Å². The zero-order chi connectivity index (χ0) is 10.7. The predicted molar refractivity (Wildman–Crippen MR) is 57.7 cm³/mol. The van der Waals surface area contributed by atoms with Gasteiger partial charge in [0.15, 0.2) is 0 Å². The van der Waals surface area contributed by atoms with Crippen molar-refractivity contribution in [3.63, 3.8) is 0 Å². The van der Waals surface area contributed by atoms with Gasteiger partial charge in [0.2, 0.25) is 0 Å². The van der Waals surface area contributed by atoms with Crippen molar-refractivity contribution in [1.82, 2.24) is 4.90 Å². The molecule has 1 unspecified atom stereocenters. The molecule has 0 heterocycles. The van der Waals surface area contributed by atoms with Crippen LogP contribution in [0.3, 0.4) is 0 Å². The molecule has 84 valence electrons. The maximum absolute atomic E-state index is 13.3. The zero-order valence-electron chi connectivity index (χ0n) is 8.48. The highest BCUT2D eigenvalue weighted by atomic mass is 35.5. The summed E-state index contributed by atoms with van der Waals surface area (Å²) in [5.74, 6) is -1.55. The van der Waals surface area contributed by atoms with E-state index in [1.165, 1.54) is 23.1 Å². The van der Waals surface area contributed by atoms with Gasteiger partial charge in [-0.2, -0.15) is 0 Å². The summed E-state index contributed by atoms with van der Waals surface area (Å²) in [4.78, 5) is 12.3. The molecule has 0 amide bonds. The molecule has 3 nitrogen and oxygen atoms in total. The number of benzene rings is 1. The van der Waals surface area contributed by atoms with Gasteiger partial charge in [0.05, 0.1) is 0 Å². The number of hydrogen-bond acceptors (Lipinski definition) is 2. The van der Waals surface area contributed by atoms with E-state index in [1.54, 1.807) is 20.2 Å². The highest BCUT2D eigenvalue weighted by molar-refractivity contribution is 5.85. The average molecular weight is 234 g/mol. The fraction of sp³-hybridized carbons (Fsp3) is 0.300. The average Bonchev–Trinajstić information content (AvgIpc) is 2.07. The number of carbonyl (C=O) groups is 1. The Kier molecular flexibility index (Phi) is 5.25. The van der Waals surface area contributed by atoms with Gasteiger partial charge in [-0.3, -0.25) is 9.69 Å². The van der Waals surface area contributed by atoms with Gasteiger partial charge in [-0.1, -0.05) is 18.2 Å². The lowest BCUT2D eigenvalue weighted by Crippen LogP contribution is -2.28. The van der Waals surface area contributed by atoms with Gasteiger partial charge in [0.25, 0.3) is 0 Å². The molecule has 0 saturated heterocycles. The number of nitrogens with zero attached hydrogens (tertiary/aromatic N) is 1. The van der Waals surface area contributed by atoms with Crippen molar-refractivity contribution < 1.29 is 14.3 Å². The number of carboxylic acids is 1. The molecule has 1 aromatic carbocycles. The number of likely N-dealkylation sites (N-methyl/N-ethyl adjacent to an activating group) is 1. The van der Waals surface area contributed by atoms with E-state index >= 15 is 0 Å². The summed E-state index contributed by atoms with van der Waals surface area (Å²) in [6.07, 6.45) is 0. The maximum atomic E-state index is 13.3. The summed E-state index contributed by atoms with van der Waals surface area (Å²) in [5, 5.41) is 8.91. The Morgan fingerprint density at radius 3 is 2.33 bits per heavy atom. The topological polar surface area (TPSA) is 40.5 Å². The van der Waals surface area contributed by atoms with E-state index < -0.39 is 17.8 Å². The van der Waals surface area contributed by atoms with Crippen molar-refractivity contribution >= 4 is 18.4 Å².